The van der Waals surface area contributed by atoms with Crippen LogP contribution in [0.3, 0.4) is 0 Å². The molecule has 1 fully saturated rings. The van der Waals surface area contributed by atoms with E-state index in [2.05, 4.69) is 5.32 Å². The van der Waals surface area contributed by atoms with E-state index in [1.54, 1.807) is 24.3 Å². The highest BCUT2D eigenvalue weighted by Crippen LogP contribution is 2.14. The van der Waals surface area contributed by atoms with Gasteiger partial charge < -0.3 is 10.1 Å². The Hall–Kier alpha value is -0.900. The number of carbonyl (C=O) groups excluding carboxylic acids is 1. The van der Waals surface area contributed by atoms with Crippen molar-refractivity contribution < 1.29 is 9.53 Å². The Balaban J connectivity index is 1.97. The summed E-state index contributed by atoms with van der Waals surface area (Å²) in [6.07, 6.45) is 0.396. The van der Waals surface area contributed by atoms with Gasteiger partial charge in [0.15, 0.2) is 5.78 Å². The van der Waals surface area contributed by atoms with Crippen molar-refractivity contribution in [3.63, 3.8) is 0 Å². The third kappa shape index (κ3) is 3.04. The van der Waals surface area contributed by atoms with Gasteiger partial charge in [-0.1, -0.05) is 23.7 Å². The van der Waals surface area contributed by atoms with Gasteiger partial charge in [-0.15, -0.1) is 0 Å². The van der Waals surface area contributed by atoms with Crippen LogP contribution in [0.5, 0.6) is 0 Å². The summed E-state index contributed by atoms with van der Waals surface area (Å²) < 4.78 is 5.48. The van der Waals surface area contributed by atoms with E-state index in [9.17, 15) is 4.79 Å². The highest BCUT2D eigenvalue weighted by atomic mass is 35.5. The molecule has 1 atom stereocenters. The van der Waals surface area contributed by atoms with E-state index >= 15 is 0 Å². The van der Waals surface area contributed by atoms with Crippen LogP contribution in [0.4, 0.5) is 0 Å². The van der Waals surface area contributed by atoms with Crippen LogP contribution in [-0.2, 0) is 4.74 Å². The Kier molecular flexibility index (Phi) is 3.93. The molecular formula is C12H14ClNO2. The first-order valence-corrected chi connectivity index (χ1v) is 5.74. The number of Topliss-reactive ketones (excluding diaryl/α,β-unsaturated/α-hetero) is 1. The minimum Gasteiger partial charge on any atom is -0.375 e. The molecule has 1 aliphatic rings. The standard InChI is InChI=1S/C12H14ClNO2/c13-10-3-1-2-9(6-10)12(15)7-11-8-14-4-5-16-11/h1-3,6,11,14H,4-5,7-8H2. The molecule has 16 heavy (non-hydrogen) atoms. The number of hydrogen-bond donors (Lipinski definition) is 1. The summed E-state index contributed by atoms with van der Waals surface area (Å²) in [4.78, 5) is 11.9. The first-order chi connectivity index (χ1) is 7.75. The molecule has 1 aromatic rings. The van der Waals surface area contributed by atoms with Crippen LogP contribution in [-0.4, -0.2) is 31.6 Å². The summed E-state index contributed by atoms with van der Waals surface area (Å²) in [7, 11) is 0. The average molecular weight is 240 g/mol. The van der Waals surface area contributed by atoms with Crippen molar-refractivity contribution in [2.24, 2.45) is 0 Å². The molecule has 0 amide bonds. The highest BCUT2D eigenvalue weighted by molar-refractivity contribution is 6.31. The van der Waals surface area contributed by atoms with Crippen molar-refractivity contribution in [1.82, 2.24) is 5.32 Å². The molecule has 2 rings (SSSR count). The van der Waals surface area contributed by atoms with E-state index in [0.717, 1.165) is 13.1 Å². The Labute approximate surface area is 99.7 Å². The van der Waals surface area contributed by atoms with Crippen molar-refractivity contribution in [2.75, 3.05) is 19.7 Å². The molecule has 0 saturated carbocycles. The number of benzene rings is 1. The maximum absolute atomic E-state index is 11.9. The van der Waals surface area contributed by atoms with Gasteiger partial charge in [0.25, 0.3) is 0 Å². The van der Waals surface area contributed by atoms with Crippen LogP contribution in [0.1, 0.15) is 16.8 Å². The summed E-state index contributed by atoms with van der Waals surface area (Å²) in [5, 5.41) is 3.79. The lowest BCUT2D eigenvalue weighted by atomic mass is 10.0. The third-order valence-electron chi connectivity index (χ3n) is 2.56. The summed E-state index contributed by atoms with van der Waals surface area (Å²) in [5.74, 6) is 0.0798. The molecule has 0 radical (unpaired) electrons. The Bertz CT molecular complexity index is 375. The maximum Gasteiger partial charge on any atom is 0.165 e. The van der Waals surface area contributed by atoms with Gasteiger partial charge in [-0.25, -0.2) is 0 Å². The fourth-order valence-electron chi connectivity index (χ4n) is 1.74. The molecule has 0 bridgehead atoms. The fraction of sp³-hybridized carbons (Fsp3) is 0.417. The second-order valence-corrected chi connectivity index (χ2v) is 4.27. The first-order valence-electron chi connectivity index (χ1n) is 5.37. The van der Waals surface area contributed by atoms with Gasteiger partial charge in [-0.05, 0) is 12.1 Å². The van der Waals surface area contributed by atoms with Crippen LogP contribution >= 0.6 is 11.6 Å². The van der Waals surface area contributed by atoms with Crippen molar-refractivity contribution in [2.45, 2.75) is 12.5 Å². The maximum atomic E-state index is 11.9. The Morgan fingerprint density at radius 1 is 1.56 bits per heavy atom. The second kappa shape index (κ2) is 5.43. The molecule has 1 N–H and O–H groups in total. The van der Waals surface area contributed by atoms with Crippen LogP contribution in [0.25, 0.3) is 0 Å². The second-order valence-electron chi connectivity index (χ2n) is 3.83. The number of nitrogens with one attached hydrogen (secondary N) is 1. The van der Waals surface area contributed by atoms with Crippen molar-refractivity contribution >= 4 is 17.4 Å². The molecule has 4 heteroatoms. The van der Waals surface area contributed by atoms with Crippen molar-refractivity contribution in [1.29, 1.82) is 0 Å². The van der Waals surface area contributed by atoms with Crippen molar-refractivity contribution in [3.8, 4) is 0 Å². The molecular weight excluding hydrogens is 226 g/mol. The number of halogens is 1. The lowest BCUT2D eigenvalue weighted by Gasteiger charge is -2.22. The lowest BCUT2D eigenvalue weighted by Crippen LogP contribution is -2.39. The molecule has 1 aliphatic heterocycles. The minimum absolute atomic E-state index is 0.0137. The quantitative estimate of drug-likeness (QED) is 0.819. The number of carbonyl (C=O) groups is 1. The number of hydrogen-bond acceptors (Lipinski definition) is 3. The smallest absolute Gasteiger partial charge is 0.165 e. The first kappa shape index (κ1) is 11.6. The zero-order valence-electron chi connectivity index (χ0n) is 8.91. The summed E-state index contributed by atoms with van der Waals surface area (Å²) >= 11 is 5.84. The predicted octanol–water partition coefficient (Wildman–Crippen LogP) is 1.90. The Morgan fingerprint density at radius 3 is 3.12 bits per heavy atom. The molecule has 3 nitrogen and oxygen atoms in total. The summed E-state index contributed by atoms with van der Waals surface area (Å²) in [6, 6.07) is 7.02. The number of rotatable bonds is 3. The number of ether oxygens (including phenoxy) is 1. The van der Waals surface area contributed by atoms with Gasteiger partial charge in [0.1, 0.15) is 0 Å². The molecule has 0 aliphatic carbocycles. The van der Waals surface area contributed by atoms with Gasteiger partial charge in [0.2, 0.25) is 0 Å². The fourth-order valence-corrected chi connectivity index (χ4v) is 1.93. The van der Waals surface area contributed by atoms with Gasteiger partial charge in [0, 0.05) is 30.1 Å². The monoisotopic (exact) mass is 239 g/mol. The SMILES string of the molecule is O=C(CC1CNCCO1)c1cccc(Cl)c1. The van der Waals surface area contributed by atoms with Gasteiger partial charge in [-0.2, -0.15) is 0 Å². The molecule has 1 unspecified atom stereocenters. The van der Waals surface area contributed by atoms with Gasteiger partial charge >= 0.3 is 0 Å². The van der Waals surface area contributed by atoms with Gasteiger partial charge in [0.05, 0.1) is 12.7 Å². The largest absolute Gasteiger partial charge is 0.375 e. The predicted molar refractivity (Wildman–Crippen MR) is 63.0 cm³/mol. The highest BCUT2D eigenvalue weighted by Gasteiger charge is 2.18. The molecule has 1 aromatic carbocycles. The van der Waals surface area contributed by atoms with E-state index in [0.29, 0.717) is 23.6 Å². The summed E-state index contributed by atoms with van der Waals surface area (Å²) in [5.41, 5.74) is 0.654. The Morgan fingerprint density at radius 2 is 2.44 bits per heavy atom. The molecule has 1 heterocycles. The van der Waals surface area contributed by atoms with E-state index in [4.69, 9.17) is 16.3 Å². The van der Waals surface area contributed by atoms with E-state index in [1.165, 1.54) is 0 Å². The van der Waals surface area contributed by atoms with Crippen LogP contribution < -0.4 is 5.32 Å². The molecule has 0 spiro atoms. The number of morpholine rings is 1. The van der Waals surface area contributed by atoms with E-state index in [-0.39, 0.29) is 11.9 Å². The van der Waals surface area contributed by atoms with Crippen molar-refractivity contribution in [3.05, 3.63) is 34.9 Å². The summed E-state index contributed by atoms with van der Waals surface area (Å²) in [6.45, 7) is 2.28. The third-order valence-corrected chi connectivity index (χ3v) is 2.80. The van der Waals surface area contributed by atoms with Gasteiger partial charge in [-0.3, -0.25) is 4.79 Å². The zero-order valence-corrected chi connectivity index (χ0v) is 9.67. The normalized spacial score (nSPS) is 20.7. The molecule has 86 valence electrons. The zero-order chi connectivity index (χ0) is 11.4. The van der Waals surface area contributed by atoms with E-state index < -0.39 is 0 Å². The minimum atomic E-state index is -0.0137. The van der Waals surface area contributed by atoms with Crippen LogP contribution in [0.2, 0.25) is 5.02 Å². The molecule has 0 aromatic heterocycles. The topological polar surface area (TPSA) is 38.3 Å². The molecule has 1 saturated heterocycles. The van der Waals surface area contributed by atoms with E-state index in [1.807, 2.05) is 0 Å². The van der Waals surface area contributed by atoms with Crippen LogP contribution in [0, 0.1) is 0 Å². The number of ketones is 1. The lowest BCUT2D eigenvalue weighted by molar-refractivity contribution is 0.0240. The van der Waals surface area contributed by atoms with Crippen LogP contribution in [0.15, 0.2) is 24.3 Å². The average Bonchev–Trinajstić information content (AvgIpc) is 2.30.